The van der Waals surface area contributed by atoms with Crippen molar-refractivity contribution in [2.24, 2.45) is 0 Å². The quantitative estimate of drug-likeness (QED) is 0.872. The maximum absolute atomic E-state index is 12.3. The molecular formula is C16H20N4O2S. The number of hydrogen-bond acceptors (Lipinski definition) is 5. The van der Waals surface area contributed by atoms with Crippen LogP contribution in [0.4, 0.5) is 0 Å². The van der Waals surface area contributed by atoms with Crippen molar-refractivity contribution in [1.29, 1.82) is 0 Å². The average molecular weight is 332 g/mol. The first kappa shape index (κ1) is 15.9. The zero-order valence-electron chi connectivity index (χ0n) is 13.2. The Labute approximate surface area is 139 Å². The van der Waals surface area contributed by atoms with Crippen LogP contribution in [0.2, 0.25) is 0 Å². The Kier molecular flexibility index (Phi) is 4.88. The number of hydrogen-bond donors (Lipinski definition) is 2. The lowest BCUT2D eigenvalue weighted by Gasteiger charge is -2.17. The van der Waals surface area contributed by atoms with Crippen molar-refractivity contribution in [3.63, 3.8) is 0 Å². The molecule has 1 amide bonds. The fraction of sp³-hybridized carbons (Fsp3) is 0.375. The molecule has 6 nitrogen and oxygen atoms in total. The third kappa shape index (κ3) is 3.51. The molecule has 1 aromatic carbocycles. The van der Waals surface area contributed by atoms with Crippen LogP contribution in [-0.4, -0.2) is 52.8 Å². The second-order valence-corrected chi connectivity index (χ2v) is 6.49. The molecule has 0 saturated carbocycles. The normalized spacial score (nSPS) is 18.1. The zero-order chi connectivity index (χ0) is 16.2. The lowest BCUT2D eigenvalue weighted by molar-refractivity contribution is -0.124. The minimum atomic E-state index is -0.0451. The molecule has 0 aliphatic carbocycles. The lowest BCUT2D eigenvalue weighted by atomic mass is 10.1. The molecule has 2 N–H and O–H groups in total. The number of rotatable bonds is 5. The van der Waals surface area contributed by atoms with Crippen molar-refractivity contribution in [2.75, 3.05) is 25.8 Å². The molecule has 1 atom stereocenters. The summed E-state index contributed by atoms with van der Waals surface area (Å²) in [5, 5.41) is 10.1. The molecule has 3 rings (SSSR count). The second-order valence-electron chi connectivity index (χ2n) is 5.49. The first-order valence-electron chi connectivity index (χ1n) is 7.41. The van der Waals surface area contributed by atoms with Gasteiger partial charge < -0.3 is 10.1 Å². The number of likely N-dealkylation sites (N-methyl/N-ethyl adjacent to an activating group) is 1. The molecule has 0 bridgehead atoms. The number of H-pyrrole nitrogens is 1. The van der Waals surface area contributed by atoms with Gasteiger partial charge in [-0.05, 0) is 31.3 Å². The molecule has 2 heterocycles. The summed E-state index contributed by atoms with van der Waals surface area (Å²) < 4.78 is 5.17. The van der Waals surface area contributed by atoms with Crippen LogP contribution in [-0.2, 0) is 11.3 Å². The van der Waals surface area contributed by atoms with E-state index in [-0.39, 0.29) is 11.9 Å². The Morgan fingerprint density at radius 2 is 2.26 bits per heavy atom. The van der Waals surface area contributed by atoms with Gasteiger partial charge in [0.1, 0.15) is 5.75 Å². The Hall–Kier alpha value is -1.99. The highest BCUT2D eigenvalue weighted by atomic mass is 32.2. The van der Waals surface area contributed by atoms with E-state index in [0.717, 1.165) is 34.2 Å². The van der Waals surface area contributed by atoms with Crippen molar-refractivity contribution in [1.82, 2.24) is 20.4 Å². The van der Waals surface area contributed by atoms with Crippen LogP contribution < -0.4 is 10.1 Å². The van der Waals surface area contributed by atoms with Crippen molar-refractivity contribution in [3.8, 4) is 17.0 Å². The number of nitrogens with one attached hydrogen (secondary N) is 2. The summed E-state index contributed by atoms with van der Waals surface area (Å²) in [5.41, 5.74) is 2.90. The van der Waals surface area contributed by atoms with Gasteiger partial charge in [0.15, 0.2) is 0 Å². The van der Waals surface area contributed by atoms with E-state index in [4.69, 9.17) is 4.74 Å². The smallest absolute Gasteiger partial charge is 0.238 e. The number of nitrogens with zero attached hydrogens (tertiary/aromatic N) is 2. The van der Waals surface area contributed by atoms with Gasteiger partial charge in [0.25, 0.3) is 0 Å². The number of methoxy groups -OCH3 is 1. The Morgan fingerprint density at radius 1 is 1.48 bits per heavy atom. The van der Waals surface area contributed by atoms with Crippen molar-refractivity contribution < 1.29 is 9.53 Å². The summed E-state index contributed by atoms with van der Waals surface area (Å²) in [7, 11) is 3.62. The third-order valence-corrected chi connectivity index (χ3v) is 5.10. The maximum atomic E-state index is 12.3. The number of thioether (sulfide) groups is 1. The number of ether oxygens (including phenoxy) is 1. The third-order valence-electron chi connectivity index (χ3n) is 3.95. The van der Waals surface area contributed by atoms with E-state index in [2.05, 4.69) is 20.4 Å². The predicted molar refractivity (Wildman–Crippen MR) is 91.3 cm³/mol. The molecule has 1 aliphatic heterocycles. The van der Waals surface area contributed by atoms with Crippen LogP contribution in [0.1, 0.15) is 5.56 Å². The van der Waals surface area contributed by atoms with Crippen LogP contribution in [0.15, 0.2) is 30.5 Å². The van der Waals surface area contributed by atoms with Gasteiger partial charge in [0, 0.05) is 29.3 Å². The van der Waals surface area contributed by atoms with E-state index in [0.29, 0.717) is 6.54 Å². The monoisotopic (exact) mass is 332 g/mol. The number of benzene rings is 1. The standard InChI is InChI=1S/C16H20N4O2S/c1-20-10-23-9-14(20)16(21)17-7-12-8-18-19-15(12)11-3-5-13(22-2)6-4-11/h3-6,8,14H,7,9-10H2,1-2H3,(H,17,21)(H,18,19)/t14-/m0/s1. The highest BCUT2D eigenvalue weighted by molar-refractivity contribution is 7.99. The van der Waals surface area contributed by atoms with Gasteiger partial charge >= 0.3 is 0 Å². The molecule has 1 aliphatic rings. The van der Waals surface area contributed by atoms with Crippen LogP contribution >= 0.6 is 11.8 Å². The molecule has 122 valence electrons. The molecule has 2 aromatic rings. The number of carbonyl (C=O) groups excluding carboxylic acids is 1. The van der Waals surface area contributed by atoms with Crippen molar-refractivity contribution in [3.05, 3.63) is 36.0 Å². The Balaban J connectivity index is 1.67. The van der Waals surface area contributed by atoms with Crippen LogP contribution in [0.3, 0.4) is 0 Å². The summed E-state index contributed by atoms with van der Waals surface area (Å²) in [5.74, 6) is 2.63. The molecule has 0 unspecified atom stereocenters. The predicted octanol–water partition coefficient (Wildman–Crippen LogP) is 1.71. The van der Waals surface area contributed by atoms with Gasteiger partial charge in [-0.3, -0.25) is 14.8 Å². The van der Waals surface area contributed by atoms with Crippen molar-refractivity contribution in [2.45, 2.75) is 12.6 Å². The largest absolute Gasteiger partial charge is 0.497 e. The van der Waals surface area contributed by atoms with E-state index in [1.807, 2.05) is 31.3 Å². The van der Waals surface area contributed by atoms with Gasteiger partial charge in [-0.1, -0.05) is 0 Å². The Bertz CT molecular complexity index is 671. The fourth-order valence-corrected chi connectivity index (χ4v) is 3.76. The number of aromatic amines is 1. The van der Waals surface area contributed by atoms with E-state index < -0.39 is 0 Å². The second kappa shape index (κ2) is 7.06. The molecule has 23 heavy (non-hydrogen) atoms. The molecule has 1 saturated heterocycles. The minimum absolute atomic E-state index is 0.0451. The van der Waals surface area contributed by atoms with Gasteiger partial charge in [-0.2, -0.15) is 5.10 Å². The highest BCUT2D eigenvalue weighted by Gasteiger charge is 2.28. The van der Waals surface area contributed by atoms with Gasteiger partial charge in [-0.25, -0.2) is 0 Å². The zero-order valence-corrected chi connectivity index (χ0v) is 14.0. The molecule has 7 heteroatoms. The summed E-state index contributed by atoms with van der Waals surface area (Å²) in [6, 6.07) is 7.71. The van der Waals surface area contributed by atoms with Gasteiger partial charge in [-0.15, -0.1) is 11.8 Å². The van der Waals surface area contributed by atoms with Crippen molar-refractivity contribution >= 4 is 17.7 Å². The van der Waals surface area contributed by atoms with Crippen LogP contribution in [0.25, 0.3) is 11.3 Å². The number of aromatic nitrogens is 2. The van der Waals surface area contributed by atoms with E-state index >= 15 is 0 Å². The first-order chi connectivity index (χ1) is 11.2. The van der Waals surface area contributed by atoms with E-state index in [1.165, 1.54) is 0 Å². The van der Waals surface area contributed by atoms with Gasteiger partial charge in [0.05, 0.1) is 25.0 Å². The molecule has 0 radical (unpaired) electrons. The average Bonchev–Trinajstić information content (AvgIpc) is 3.21. The van der Waals surface area contributed by atoms with Crippen LogP contribution in [0.5, 0.6) is 5.75 Å². The number of amides is 1. The number of carbonyl (C=O) groups is 1. The van der Waals surface area contributed by atoms with Gasteiger partial charge in [0.2, 0.25) is 5.91 Å². The van der Waals surface area contributed by atoms with E-state index in [9.17, 15) is 4.79 Å². The molecular weight excluding hydrogens is 312 g/mol. The molecule has 0 spiro atoms. The molecule has 1 fully saturated rings. The summed E-state index contributed by atoms with van der Waals surface area (Å²) in [6.45, 7) is 0.464. The molecule has 1 aromatic heterocycles. The van der Waals surface area contributed by atoms with E-state index in [1.54, 1.807) is 25.1 Å². The maximum Gasteiger partial charge on any atom is 0.238 e. The lowest BCUT2D eigenvalue weighted by Crippen LogP contribution is -2.42. The highest BCUT2D eigenvalue weighted by Crippen LogP contribution is 2.24. The minimum Gasteiger partial charge on any atom is -0.497 e. The first-order valence-corrected chi connectivity index (χ1v) is 8.57. The fourth-order valence-electron chi connectivity index (χ4n) is 2.55. The summed E-state index contributed by atoms with van der Waals surface area (Å²) >= 11 is 1.78. The summed E-state index contributed by atoms with van der Waals surface area (Å²) in [6.07, 6.45) is 1.76. The summed E-state index contributed by atoms with van der Waals surface area (Å²) in [4.78, 5) is 14.3. The topological polar surface area (TPSA) is 70.2 Å². The van der Waals surface area contributed by atoms with Crippen LogP contribution in [0, 0.1) is 0 Å². The Morgan fingerprint density at radius 3 is 2.91 bits per heavy atom. The SMILES string of the molecule is COc1ccc(-c2[nH]ncc2CNC(=O)[C@@H]2CSCN2C)cc1.